The second-order valence-electron chi connectivity index (χ2n) is 5.49. The lowest BCUT2D eigenvalue weighted by Gasteiger charge is -2.11. The number of hydrogen-bond donors (Lipinski definition) is 2. The first-order chi connectivity index (χ1) is 13.2. The highest BCUT2D eigenvalue weighted by Crippen LogP contribution is 2.27. The standard InChI is InChI=1S/C19H18N6O2/c1-26-16-8-7-13(9-17(16)27-2)11-21-19-24-18(12-22-25-19)23-15-6-4-3-5-14(15)10-20/h3-9,12H,11H2,1-2H3,(H2,21,23,24,25). The summed E-state index contributed by atoms with van der Waals surface area (Å²) >= 11 is 0. The quantitative estimate of drug-likeness (QED) is 0.660. The van der Waals surface area contributed by atoms with Gasteiger partial charge < -0.3 is 20.1 Å². The monoisotopic (exact) mass is 362 g/mol. The van der Waals surface area contributed by atoms with Crippen LogP contribution in [0.1, 0.15) is 11.1 Å². The summed E-state index contributed by atoms with van der Waals surface area (Å²) in [6.45, 7) is 0.486. The van der Waals surface area contributed by atoms with Gasteiger partial charge in [0.05, 0.1) is 31.7 Å². The Hall–Kier alpha value is -3.86. The van der Waals surface area contributed by atoms with Crippen molar-refractivity contribution in [3.05, 3.63) is 59.8 Å². The minimum atomic E-state index is 0.365. The van der Waals surface area contributed by atoms with E-state index in [9.17, 15) is 5.26 Å². The summed E-state index contributed by atoms with van der Waals surface area (Å²) in [4.78, 5) is 4.37. The first-order valence-electron chi connectivity index (χ1n) is 8.14. The molecule has 0 bridgehead atoms. The number of nitrogens with one attached hydrogen (secondary N) is 2. The molecular weight excluding hydrogens is 344 g/mol. The third-order valence-electron chi connectivity index (χ3n) is 3.77. The molecule has 0 atom stereocenters. The van der Waals surface area contributed by atoms with Crippen LogP contribution in [0, 0.1) is 11.3 Å². The lowest BCUT2D eigenvalue weighted by atomic mass is 10.2. The maximum absolute atomic E-state index is 9.17. The fraction of sp³-hybridized carbons (Fsp3) is 0.158. The number of methoxy groups -OCH3 is 2. The topological polar surface area (TPSA) is 105 Å². The molecule has 0 saturated heterocycles. The van der Waals surface area contributed by atoms with Gasteiger partial charge in [-0.2, -0.15) is 15.3 Å². The van der Waals surface area contributed by atoms with E-state index in [1.807, 2.05) is 24.3 Å². The molecule has 0 unspecified atom stereocenters. The van der Waals surface area contributed by atoms with E-state index in [-0.39, 0.29) is 0 Å². The zero-order valence-electron chi connectivity index (χ0n) is 14.9. The fourth-order valence-electron chi connectivity index (χ4n) is 2.44. The molecule has 3 rings (SSSR count). The summed E-state index contributed by atoms with van der Waals surface area (Å²) in [5.74, 6) is 2.17. The molecule has 1 aromatic heterocycles. The van der Waals surface area contributed by atoms with Crippen LogP contribution in [0.5, 0.6) is 11.5 Å². The van der Waals surface area contributed by atoms with Crippen molar-refractivity contribution in [1.82, 2.24) is 15.2 Å². The van der Waals surface area contributed by atoms with Gasteiger partial charge in [0, 0.05) is 6.54 Å². The number of para-hydroxylation sites is 1. The molecule has 0 amide bonds. The number of nitriles is 1. The van der Waals surface area contributed by atoms with Crippen molar-refractivity contribution in [3.8, 4) is 17.6 Å². The van der Waals surface area contributed by atoms with Gasteiger partial charge in [0.1, 0.15) is 6.07 Å². The minimum Gasteiger partial charge on any atom is -0.493 e. The summed E-state index contributed by atoms with van der Waals surface area (Å²) in [5.41, 5.74) is 2.16. The second-order valence-corrected chi connectivity index (χ2v) is 5.49. The molecule has 0 radical (unpaired) electrons. The maximum Gasteiger partial charge on any atom is 0.244 e. The number of rotatable bonds is 7. The van der Waals surface area contributed by atoms with Crippen molar-refractivity contribution in [2.45, 2.75) is 6.54 Å². The molecule has 0 fully saturated rings. The Kier molecular flexibility index (Phi) is 5.64. The highest BCUT2D eigenvalue weighted by molar-refractivity contribution is 5.64. The molecule has 0 aliphatic heterocycles. The van der Waals surface area contributed by atoms with Crippen molar-refractivity contribution in [2.75, 3.05) is 24.9 Å². The molecule has 0 saturated carbocycles. The van der Waals surface area contributed by atoms with Crippen LogP contribution in [0.25, 0.3) is 0 Å². The van der Waals surface area contributed by atoms with E-state index in [1.165, 1.54) is 6.20 Å². The average molecular weight is 362 g/mol. The largest absolute Gasteiger partial charge is 0.493 e. The third kappa shape index (κ3) is 4.41. The zero-order valence-corrected chi connectivity index (χ0v) is 14.9. The Morgan fingerprint density at radius 3 is 2.67 bits per heavy atom. The molecule has 2 aromatic carbocycles. The van der Waals surface area contributed by atoms with Crippen LogP contribution < -0.4 is 20.1 Å². The molecule has 136 valence electrons. The molecule has 2 N–H and O–H groups in total. The van der Waals surface area contributed by atoms with Gasteiger partial charge in [0.25, 0.3) is 0 Å². The summed E-state index contributed by atoms with van der Waals surface area (Å²) in [6.07, 6.45) is 1.50. The molecule has 8 nitrogen and oxygen atoms in total. The molecule has 27 heavy (non-hydrogen) atoms. The maximum atomic E-state index is 9.17. The van der Waals surface area contributed by atoms with E-state index in [0.717, 1.165) is 5.56 Å². The summed E-state index contributed by atoms with van der Waals surface area (Å²) in [6, 6.07) is 15.0. The van der Waals surface area contributed by atoms with Gasteiger partial charge in [-0.05, 0) is 29.8 Å². The van der Waals surface area contributed by atoms with Gasteiger partial charge >= 0.3 is 0 Å². The van der Waals surface area contributed by atoms with E-state index in [1.54, 1.807) is 32.4 Å². The van der Waals surface area contributed by atoms with Crippen LogP contribution in [0.2, 0.25) is 0 Å². The average Bonchev–Trinajstić information content (AvgIpc) is 2.72. The zero-order chi connectivity index (χ0) is 19.1. The number of ether oxygens (including phenoxy) is 2. The second kappa shape index (κ2) is 8.49. The number of nitrogens with zero attached hydrogens (tertiary/aromatic N) is 4. The van der Waals surface area contributed by atoms with Gasteiger partial charge in [0.15, 0.2) is 17.3 Å². The Bertz CT molecular complexity index is 970. The number of benzene rings is 2. The van der Waals surface area contributed by atoms with Crippen LogP contribution in [0.4, 0.5) is 17.5 Å². The molecule has 0 aliphatic carbocycles. The first kappa shape index (κ1) is 17.9. The van der Waals surface area contributed by atoms with Gasteiger partial charge in [-0.3, -0.25) is 0 Å². The Balaban J connectivity index is 1.70. The molecule has 8 heteroatoms. The van der Waals surface area contributed by atoms with Crippen molar-refractivity contribution < 1.29 is 9.47 Å². The van der Waals surface area contributed by atoms with Gasteiger partial charge in [-0.25, -0.2) is 0 Å². The van der Waals surface area contributed by atoms with Crippen LogP contribution in [-0.2, 0) is 6.54 Å². The van der Waals surface area contributed by atoms with Gasteiger partial charge in [-0.1, -0.05) is 18.2 Å². The van der Waals surface area contributed by atoms with Crippen LogP contribution >= 0.6 is 0 Å². The van der Waals surface area contributed by atoms with Gasteiger partial charge in [-0.15, -0.1) is 5.10 Å². The highest BCUT2D eigenvalue weighted by atomic mass is 16.5. The molecule has 0 aliphatic rings. The number of hydrogen-bond acceptors (Lipinski definition) is 8. The van der Waals surface area contributed by atoms with E-state index in [2.05, 4.69) is 31.9 Å². The highest BCUT2D eigenvalue weighted by Gasteiger charge is 2.07. The van der Waals surface area contributed by atoms with Crippen LogP contribution in [0.15, 0.2) is 48.7 Å². The Labute approximate surface area is 156 Å². The van der Waals surface area contributed by atoms with Crippen molar-refractivity contribution in [3.63, 3.8) is 0 Å². The summed E-state index contributed by atoms with van der Waals surface area (Å²) in [7, 11) is 3.19. The molecular formula is C19H18N6O2. The van der Waals surface area contributed by atoms with E-state index in [0.29, 0.717) is 41.1 Å². The van der Waals surface area contributed by atoms with Crippen molar-refractivity contribution in [2.24, 2.45) is 0 Å². The third-order valence-corrected chi connectivity index (χ3v) is 3.77. The van der Waals surface area contributed by atoms with Crippen LogP contribution in [0.3, 0.4) is 0 Å². The van der Waals surface area contributed by atoms with Crippen molar-refractivity contribution >= 4 is 17.5 Å². The Morgan fingerprint density at radius 1 is 1.07 bits per heavy atom. The van der Waals surface area contributed by atoms with E-state index in [4.69, 9.17) is 9.47 Å². The summed E-state index contributed by atoms with van der Waals surface area (Å²) < 4.78 is 10.5. The van der Waals surface area contributed by atoms with E-state index < -0.39 is 0 Å². The van der Waals surface area contributed by atoms with Gasteiger partial charge in [0.2, 0.25) is 5.95 Å². The minimum absolute atomic E-state index is 0.365. The SMILES string of the molecule is COc1ccc(CNc2nncc(Nc3ccccc3C#N)n2)cc1OC. The predicted octanol–water partition coefficient (Wildman–Crippen LogP) is 3.12. The lowest BCUT2D eigenvalue weighted by Crippen LogP contribution is -2.07. The smallest absolute Gasteiger partial charge is 0.244 e. The predicted molar refractivity (Wildman–Crippen MR) is 101 cm³/mol. The summed E-state index contributed by atoms with van der Waals surface area (Å²) in [5, 5.41) is 23.3. The van der Waals surface area contributed by atoms with Crippen molar-refractivity contribution in [1.29, 1.82) is 5.26 Å². The molecule has 0 spiro atoms. The molecule has 1 heterocycles. The first-order valence-corrected chi connectivity index (χ1v) is 8.14. The molecule has 3 aromatic rings. The lowest BCUT2D eigenvalue weighted by molar-refractivity contribution is 0.354. The number of aromatic nitrogens is 3. The fourth-order valence-corrected chi connectivity index (χ4v) is 2.44. The van der Waals surface area contributed by atoms with E-state index >= 15 is 0 Å². The normalized spacial score (nSPS) is 9.96. The number of anilines is 3. The van der Waals surface area contributed by atoms with Crippen LogP contribution in [-0.4, -0.2) is 29.4 Å². The Morgan fingerprint density at radius 2 is 1.89 bits per heavy atom.